The van der Waals surface area contributed by atoms with Gasteiger partial charge in [-0.15, -0.1) is 11.8 Å². The molecule has 0 bridgehead atoms. The second-order valence-electron chi connectivity index (χ2n) is 7.25. The monoisotopic (exact) mass is 392 g/mol. The molecule has 0 radical (unpaired) electrons. The van der Waals surface area contributed by atoms with Crippen molar-refractivity contribution < 1.29 is 24.2 Å². The molecule has 146 valence electrons. The summed E-state index contributed by atoms with van der Waals surface area (Å²) in [7, 11) is 0. The highest BCUT2D eigenvalue weighted by Crippen LogP contribution is 2.50. The van der Waals surface area contributed by atoms with Crippen LogP contribution in [0.15, 0.2) is 24.3 Å². The molecule has 2 heterocycles. The number of aliphatic hydroxyl groups excluding tert-OH is 1. The minimum absolute atomic E-state index is 0.0855. The maximum absolute atomic E-state index is 12.4. The standard InChI is InChI=1S/C19H24N2O5S/c1-4-15(24)26-12-7-5-11(6-8-12)9-14(23)20-16-17(25)21-13(10-22)19(2,3)27-18(16)21/h5-8,13,16,18,22H,4,9-10H2,1-3H3,(H,20,23)/t13?,16-,18?/m1/s1. The number of ether oxygens (including phenoxy) is 1. The summed E-state index contributed by atoms with van der Waals surface area (Å²) in [6.45, 7) is 5.63. The van der Waals surface area contributed by atoms with Crippen molar-refractivity contribution in [3.63, 3.8) is 0 Å². The Balaban J connectivity index is 1.56. The number of fused-ring (bicyclic) bond motifs is 1. The fourth-order valence-electron chi connectivity index (χ4n) is 3.40. The van der Waals surface area contributed by atoms with E-state index < -0.39 is 6.04 Å². The van der Waals surface area contributed by atoms with Gasteiger partial charge < -0.3 is 20.1 Å². The topological polar surface area (TPSA) is 95.9 Å². The minimum Gasteiger partial charge on any atom is -0.427 e. The Labute approximate surface area is 162 Å². The van der Waals surface area contributed by atoms with Crippen molar-refractivity contribution >= 4 is 29.5 Å². The van der Waals surface area contributed by atoms with E-state index in [1.165, 1.54) is 0 Å². The van der Waals surface area contributed by atoms with Crippen LogP contribution in [0.25, 0.3) is 0 Å². The molecule has 2 fully saturated rings. The minimum atomic E-state index is -0.553. The fraction of sp³-hybridized carbons (Fsp3) is 0.526. The Morgan fingerprint density at radius 3 is 2.56 bits per heavy atom. The Kier molecular flexibility index (Phi) is 5.48. The van der Waals surface area contributed by atoms with Crippen molar-refractivity contribution in [2.24, 2.45) is 0 Å². The van der Waals surface area contributed by atoms with Gasteiger partial charge >= 0.3 is 5.97 Å². The number of hydrogen-bond acceptors (Lipinski definition) is 6. The number of thioether (sulfide) groups is 1. The molecule has 2 N–H and O–H groups in total. The van der Waals surface area contributed by atoms with E-state index in [0.717, 1.165) is 5.56 Å². The molecule has 0 aromatic heterocycles. The van der Waals surface area contributed by atoms with Gasteiger partial charge in [-0.3, -0.25) is 14.4 Å². The van der Waals surface area contributed by atoms with Gasteiger partial charge in [0.2, 0.25) is 11.8 Å². The third kappa shape index (κ3) is 3.82. The van der Waals surface area contributed by atoms with Gasteiger partial charge in [-0.25, -0.2) is 0 Å². The van der Waals surface area contributed by atoms with Gasteiger partial charge in [0.1, 0.15) is 17.2 Å². The van der Waals surface area contributed by atoms with Crippen LogP contribution in [0.2, 0.25) is 0 Å². The second kappa shape index (κ2) is 7.52. The molecule has 2 aliphatic heterocycles. The van der Waals surface area contributed by atoms with Gasteiger partial charge in [-0.1, -0.05) is 19.1 Å². The molecular formula is C19H24N2O5S. The van der Waals surface area contributed by atoms with Crippen molar-refractivity contribution in [1.29, 1.82) is 0 Å². The molecule has 2 saturated heterocycles. The lowest BCUT2D eigenvalue weighted by Crippen LogP contribution is -2.70. The highest BCUT2D eigenvalue weighted by molar-refractivity contribution is 8.01. The van der Waals surface area contributed by atoms with E-state index in [2.05, 4.69) is 5.32 Å². The van der Waals surface area contributed by atoms with E-state index in [0.29, 0.717) is 12.2 Å². The normalized spacial score (nSPS) is 25.6. The van der Waals surface area contributed by atoms with Crippen LogP contribution in [-0.2, 0) is 20.8 Å². The lowest BCUT2D eigenvalue weighted by Gasteiger charge is -2.44. The van der Waals surface area contributed by atoms with Gasteiger partial charge in [0.15, 0.2) is 0 Å². The molecule has 1 aromatic carbocycles. The summed E-state index contributed by atoms with van der Waals surface area (Å²) in [6.07, 6.45) is 0.430. The van der Waals surface area contributed by atoms with E-state index >= 15 is 0 Å². The number of rotatable bonds is 6. The predicted molar refractivity (Wildman–Crippen MR) is 101 cm³/mol. The molecule has 3 rings (SSSR count). The molecule has 27 heavy (non-hydrogen) atoms. The first-order valence-corrected chi connectivity index (χ1v) is 9.84. The maximum Gasteiger partial charge on any atom is 0.310 e. The largest absolute Gasteiger partial charge is 0.427 e. The first kappa shape index (κ1) is 19.7. The lowest BCUT2D eigenvalue weighted by atomic mass is 9.96. The number of aliphatic hydroxyl groups is 1. The summed E-state index contributed by atoms with van der Waals surface area (Å²) in [4.78, 5) is 37.7. The lowest BCUT2D eigenvalue weighted by molar-refractivity contribution is -0.152. The number of carbonyl (C=O) groups excluding carboxylic acids is 3. The summed E-state index contributed by atoms with van der Waals surface area (Å²) in [5.74, 6) is -0.258. The Hall–Kier alpha value is -2.06. The number of nitrogens with zero attached hydrogens (tertiary/aromatic N) is 1. The molecule has 7 nitrogen and oxygen atoms in total. The molecule has 0 aliphatic carbocycles. The van der Waals surface area contributed by atoms with E-state index in [9.17, 15) is 19.5 Å². The molecule has 2 aliphatic rings. The van der Waals surface area contributed by atoms with Crippen LogP contribution in [0.1, 0.15) is 32.8 Å². The number of benzene rings is 1. The van der Waals surface area contributed by atoms with Crippen LogP contribution in [-0.4, -0.2) is 56.6 Å². The van der Waals surface area contributed by atoms with E-state index in [-0.39, 0.29) is 47.0 Å². The summed E-state index contributed by atoms with van der Waals surface area (Å²) in [5.41, 5.74) is 0.764. The maximum atomic E-state index is 12.4. The average molecular weight is 392 g/mol. The molecule has 3 atom stereocenters. The smallest absolute Gasteiger partial charge is 0.310 e. The van der Waals surface area contributed by atoms with Crippen molar-refractivity contribution in [3.05, 3.63) is 29.8 Å². The quantitative estimate of drug-likeness (QED) is 0.427. The third-order valence-electron chi connectivity index (χ3n) is 4.94. The van der Waals surface area contributed by atoms with Crippen molar-refractivity contribution in [2.75, 3.05) is 6.61 Å². The fourth-order valence-corrected chi connectivity index (χ4v) is 5.05. The van der Waals surface area contributed by atoms with Crippen molar-refractivity contribution in [1.82, 2.24) is 10.2 Å². The van der Waals surface area contributed by atoms with Gasteiger partial charge in [0.25, 0.3) is 0 Å². The third-order valence-corrected chi connectivity index (χ3v) is 6.56. The highest BCUT2D eigenvalue weighted by Gasteiger charge is 2.61. The number of carbonyl (C=O) groups is 3. The van der Waals surface area contributed by atoms with Crippen LogP contribution in [0.3, 0.4) is 0 Å². The van der Waals surface area contributed by atoms with Gasteiger partial charge in [-0.05, 0) is 31.5 Å². The number of β-lactam (4-membered cyclic amide) rings is 1. The first-order valence-electron chi connectivity index (χ1n) is 8.96. The predicted octanol–water partition coefficient (Wildman–Crippen LogP) is 1.08. The van der Waals surface area contributed by atoms with Crippen LogP contribution >= 0.6 is 11.8 Å². The summed E-state index contributed by atoms with van der Waals surface area (Å²) >= 11 is 1.60. The zero-order valence-corrected chi connectivity index (χ0v) is 16.4. The van der Waals surface area contributed by atoms with Crippen LogP contribution in [0.5, 0.6) is 5.75 Å². The number of nitrogens with one attached hydrogen (secondary N) is 1. The molecule has 2 amide bonds. The molecule has 8 heteroatoms. The number of amides is 2. The van der Waals surface area contributed by atoms with Gasteiger partial charge in [0.05, 0.1) is 19.1 Å². The molecular weight excluding hydrogens is 368 g/mol. The molecule has 2 unspecified atom stereocenters. The number of hydrogen-bond donors (Lipinski definition) is 2. The first-order chi connectivity index (χ1) is 12.8. The van der Waals surface area contributed by atoms with Gasteiger partial charge in [-0.2, -0.15) is 0 Å². The zero-order chi connectivity index (χ0) is 19.8. The molecule has 0 spiro atoms. The molecule has 1 aromatic rings. The number of esters is 1. The Morgan fingerprint density at radius 1 is 1.30 bits per heavy atom. The van der Waals surface area contributed by atoms with E-state index in [1.807, 2.05) is 13.8 Å². The Bertz CT molecular complexity index is 749. The van der Waals surface area contributed by atoms with E-state index in [1.54, 1.807) is 47.9 Å². The van der Waals surface area contributed by atoms with Crippen molar-refractivity contribution in [2.45, 2.75) is 55.8 Å². The summed E-state index contributed by atoms with van der Waals surface area (Å²) in [6, 6.07) is 5.96. The summed E-state index contributed by atoms with van der Waals surface area (Å²) < 4.78 is 4.85. The Morgan fingerprint density at radius 2 is 1.96 bits per heavy atom. The van der Waals surface area contributed by atoms with Gasteiger partial charge in [0, 0.05) is 11.2 Å². The van der Waals surface area contributed by atoms with Crippen LogP contribution < -0.4 is 10.1 Å². The van der Waals surface area contributed by atoms with Crippen LogP contribution in [0, 0.1) is 0 Å². The second-order valence-corrected chi connectivity index (χ2v) is 9.02. The molecule has 0 saturated carbocycles. The van der Waals surface area contributed by atoms with Crippen molar-refractivity contribution in [3.8, 4) is 5.75 Å². The van der Waals surface area contributed by atoms with E-state index in [4.69, 9.17) is 4.74 Å². The SMILES string of the molecule is CCC(=O)Oc1ccc(CC(=O)N[C@@H]2C(=O)N3C2SC(C)(C)C3CO)cc1. The summed E-state index contributed by atoms with van der Waals surface area (Å²) in [5, 5.41) is 12.2. The average Bonchev–Trinajstić information content (AvgIpc) is 2.88. The zero-order valence-electron chi connectivity index (χ0n) is 15.6. The highest BCUT2D eigenvalue weighted by atomic mass is 32.2. The van der Waals surface area contributed by atoms with Crippen LogP contribution in [0.4, 0.5) is 0 Å².